The van der Waals surface area contributed by atoms with E-state index in [1.54, 1.807) is 19.2 Å². The quantitative estimate of drug-likeness (QED) is 0.626. The summed E-state index contributed by atoms with van der Waals surface area (Å²) in [5.74, 6) is 1.08. The lowest BCUT2D eigenvalue weighted by molar-refractivity contribution is 0.0998. The third-order valence-electron chi connectivity index (χ3n) is 2.19. The van der Waals surface area contributed by atoms with Crippen LogP contribution >= 0.6 is 11.8 Å². The fraction of sp³-hybridized carbons (Fsp3) is 0.364. The zero-order chi connectivity index (χ0) is 12.1. The van der Waals surface area contributed by atoms with Gasteiger partial charge in [-0.3, -0.25) is 4.79 Å². The number of hydrogen-bond acceptors (Lipinski definition) is 5. The molecule has 1 aromatic carbocycles. The van der Waals surface area contributed by atoms with Crippen LogP contribution in [-0.2, 0) is 0 Å². The van der Waals surface area contributed by atoms with Crippen molar-refractivity contribution in [1.29, 1.82) is 0 Å². The van der Waals surface area contributed by atoms with Gasteiger partial charge in [0.15, 0.2) is 5.78 Å². The summed E-state index contributed by atoms with van der Waals surface area (Å²) in [6.45, 7) is -0.0312. The summed E-state index contributed by atoms with van der Waals surface area (Å²) in [5.41, 5.74) is 5.84. The Morgan fingerprint density at radius 2 is 2.06 bits per heavy atom. The Bertz CT molecular complexity index is 393. The standard InChI is InChI=1S/C11H15NO3S/c1-14-9-5-4-7(8(13)6-12)10(15-2)11(9)16-3/h4-5H,6,12H2,1-3H3. The molecule has 1 aromatic rings. The van der Waals surface area contributed by atoms with Crippen molar-refractivity contribution >= 4 is 17.5 Å². The van der Waals surface area contributed by atoms with Crippen molar-refractivity contribution in [3.8, 4) is 11.5 Å². The van der Waals surface area contributed by atoms with Crippen molar-refractivity contribution in [2.24, 2.45) is 5.73 Å². The molecule has 4 nitrogen and oxygen atoms in total. The summed E-state index contributed by atoms with van der Waals surface area (Å²) in [4.78, 5) is 12.4. The molecule has 0 amide bonds. The molecule has 5 heteroatoms. The second-order valence-corrected chi connectivity index (χ2v) is 3.83. The maximum absolute atomic E-state index is 11.6. The third-order valence-corrected chi connectivity index (χ3v) is 2.98. The number of methoxy groups -OCH3 is 2. The second kappa shape index (κ2) is 5.77. The maximum atomic E-state index is 11.6. The van der Waals surface area contributed by atoms with Crippen LogP contribution in [0.3, 0.4) is 0 Å². The van der Waals surface area contributed by atoms with Crippen LogP contribution in [0.4, 0.5) is 0 Å². The van der Waals surface area contributed by atoms with Gasteiger partial charge in [-0.2, -0.15) is 0 Å². The number of carbonyl (C=O) groups is 1. The minimum absolute atomic E-state index is 0.0312. The molecule has 0 aromatic heterocycles. The fourth-order valence-corrected chi connectivity index (χ4v) is 2.16. The Morgan fingerprint density at radius 3 is 2.50 bits per heavy atom. The van der Waals surface area contributed by atoms with E-state index >= 15 is 0 Å². The predicted molar refractivity (Wildman–Crippen MR) is 64.7 cm³/mol. The molecule has 0 spiro atoms. The molecule has 16 heavy (non-hydrogen) atoms. The van der Waals surface area contributed by atoms with Gasteiger partial charge in [-0.05, 0) is 18.4 Å². The SMILES string of the molecule is COc1ccc(C(=O)CN)c(OC)c1SC. The fourth-order valence-electron chi connectivity index (χ4n) is 1.43. The van der Waals surface area contributed by atoms with E-state index in [9.17, 15) is 4.79 Å². The highest BCUT2D eigenvalue weighted by Gasteiger charge is 2.18. The molecule has 0 saturated carbocycles. The summed E-state index contributed by atoms with van der Waals surface area (Å²) >= 11 is 1.47. The van der Waals surface area contributed by atoms with Crippen molar-refractivity contribution in [2.75, 3.05) is 27.0 Å². The van der Waals surface area contributed by atoms with Crippen molar-refractivity contribution in [3.05, 3.63) is 17.7 Å². The van der Waals surface area contributed by atoms with Crippen LogP contribution in [0.25, 0.3) is 0 Å². The minimum Gasteiger partial charge on any atom is -0.495 e. The van der Waals surface area contributed by atoms with E-state index in [1.165, 1.54) is 18.9 Å². The highest BCUT2D eigenvalue weighted by atomic mass is 32.2. The van der Waals surface area contributed by atoms with Crippen molar-refractivity contribution in [2.45, 2.75) is 4.90 Å². The molecule has 0 saturated heterocycles. The van der Waals surface area contributed by atoms with Gasteiger partial charge in [0, 0.05) is 0 Å². The van der Waals surface area contributed by atoms with Gasteiger partial charge in [0.05, 0.1) is 31.2 Å². The number of hydrogen-bond donors (Lipinski definition) is 1. The first-order chi connectivity index (χ1) is 7.69. The monoisotopic (exact) mass is 241 g/mol. The summed E-state index contributed by atoms with van der Waals surface area (Å²) in [5, 5.41) is 0. The first-order valence-corrected chi connectivity index (χ1v) is 5.94. The van der Waals surface area contributed by atoms with Gasteiger partial charge in [-0.25, -0.2) is 0 Å². The zero-order valence-electron chi connectivity index (χ0n) is 9.57. The van der Waals surface area contributed by atoms with Crippen molar-refractivity contribution < 1.29 is 14.3 Å². The first kappa shape index (κ1) is 12.9. The van der Waals surface area contributed by atoms with Crippen LogP contribution in [0.2, 0.25) is 0 Å². The van der Waals surface area contributed by atoms with E-state index in [0.29, 0.717) is 17.1 Å². The Kier molecular flexibility index (Phi) is 4.64. The normalized spacial score (nSPS) is 10.0. The molecule has 0 aliphatic carbocycles. The largest absolute Gasteiger partial charge is 0.495 e. The molecule has 2 N–H and O–H groups in total. The van der Waals surface area contributed by atoms with Gasteiger partial charge in [0.25, 0.3) is 0 Å². The lowest BCUT2D eigenvalue weighted by atomic mass is 10.1. The van der Waals surface area contributed by atoms with Crippen LogP contribution < -0.4 is 15.2 Å². The molecule has 0 radical (unpaired) electrons. The molecule has 0 aliphatic heterocycles. The third kappa shape index (κ3) is 2.31. The zero-order valence-corrected chi connectivity index (χ0v) is 10.4. The van der Waals surface area contributed by atoms with E-state index in [2.05, 4.69) is 0 Å². The number of ether oxygens (including phenoxy) is 2. The Labute approximate surface area is 99.1 Å². The van der Waals surface area contributed by atoms with Crippen LogP contribution in [0.5, 0.6) is 11.5 Å². The Hall–Kier alpha value is -1.20. The molecule has 1 rings (SSSR count). The summed E-state index contributed by atoms with van der Waals surface area (Å²) in [6.07, 6.45) is 1.90. The van der Waals surface area contributed by atoms with E-state index in [1.807, 2.05) is 6.26 Å². The van der Waals surface area contributed by atoms with Gasteiger partial charge in [-0.15, -0.1) is 11.8 Å². The minimum atomic E-state index is -0.144. The van der Waals surface area contributed by atoms with Crippen molar-refractivity contribution in [1.82, 2.24) is 0 Å². The molecule has 0 aliphatic rings. The molecule has 0 fully saturated rings. The molecule has 0 atom stereocenters. The average Bonchev–Trinajstić information content (AvgIpc) is 2.35. The average molecular weight is 241 g/mol. The number of ketones is 1. The van der Waals surface area contributed by atoms with E-state index < -0.39 is 0 Å². The van der Waals surface area contributed by atoms with Crippen molar-refractivity contribution in [3.63, 3.8) is 0 Å². The number of benzene rings is 1. The Morgan fingerprint density at radius 1 is 1.38 bits per heavy atom. The smallest absolute Gasteiger partial charge is 0.180 e. The molecular weight excluding hydrogens is 226 g/mol. The highest BCUT2D eigenvalue weighted by molar-refractivity contribution is 7.98. The molecular formula is C11H15NO3S. The van der Waals surface area contributed by atoms with E-state index in [0.717, 1.165) is 4.90 Å². The van der Waals surface area contributed by atoms with Gasteiger partial charge in [0.1, 0.15) is 11.5 Å². The topological polar surface area (TPSA) is 61.5 Å². The number of Topliss-reactive ketones (excluding diaryl/α,β-unsaturated/α-hetero) is 1. The second-order valence-electron chi connectivity index (χ2n) is 3.01. The van der Waals surface area contributed by atoms with Gasteiger partial charge >= 0.3 is 0 Å². The van der Waals surface area contributed by atoms with Crippen LogP contribution in [0.1, 0.15) is 10.4 Å². The van der Waals surface area contributed by atoms with Gasteiger partial charge in [-0.1, -0.05) is 0 Å². The number of thioether (sulfide) groups is 1. The molecule has 0 heterocycles. The summed E-state index contributed by atoms with van der Waals surface area (Å²) in [6, 6.07) is 3.42. The van der Waals surface area contributed by atoms with Gasteiger partial charge < -0.3 is 15.2 Å². The molecule has 88 valence electrons. The predicted octanol–water partition coefficient (Wildman–Crippen LogP) is 1.57. The van der Waals surface area contributed by atoms with Crippen LogP contribution in [-0.4, -0.2) is 32.8 Å². The van der Waals surface area contributed by atoms with Crippen LogP contribution in [0.15, 0.2) is 17.0 Å². The molecule has 0 unspecified atom stereocenters. The van der Waals surface area contributed by atoms with Crippen LogP contribution in [0, 0.1) is 0 Å². The lowest BCUT2D eigenvalue weighted by Crippen LogP contribution is -2.15. The molecule has 0 bridgehead atoms. The van der Waals surface area contributed by atoms with E-state index in [-0.39, 0.29) is 12.3 Å². The number of rotatable bonds is 5. The first-order valence-electron chi connectivity index (χ1n) is 4.71. The number of nitrogens with two attached hydrogens (primary N) is 1. The Balaban J connectivity index is 3.37. The highest BCUT2D eigenvalue weighted by Crippen LogP contribution is 2.39. The van der Waals surface area contributed by atoms with E-state index in [4.69, 9.17) is 15.2 Å². The lowest BCUT2D eigenvalue weighted by Gasteiger charge is -2.14. The van der Waals surface area contributed by atoms with Gasteiger partial charge in [0.2, 0.25) is 0 Å². The number of carbonyl (C=O) groups excluding carboxylic acids is 1. The summed E-state index contributed by atoms with van der Waals surface area (Å²) in [7, 11) is 3.11. The maximum Gasteiger partial charge on any atom is 0.180 e. The summed E-state index contributed by atoms with van der Waals surface area (Å²) < 4.78 is 10.5.